The van der Waals surface area contributed by atoms with E-state index in [4.69, 9.17) is 11.6 Å². The zero-order valence-corrected chi connectivity index (χ0v) is 16.2. The Morgan fingerprint density at radius 2 is 1.86 bits per heavy atom. The summed E-state index contributed by atoms with van der Waals surface area (Å²) >= 11 is 9.30. The molecule has 0 aromatic carbocycles. The fraction of sp³-hybridized carbons (Fsp3) is 0.333. The number of thioether (sulfide) groups is 2. The fourth-order valence-corrected chi connectivity index (χ4v) is 3.85. The van der Waals surface area contributed by atoms with Crippen LogP contribution in [0.15, 0.2) is 46.6 Å². The minimum absolute atomic E-state index is 0. The lowest BCUT2D eigenvalue weighted by Gasteiger charge is -2.09. The zero-order chi connectivity index (χ0) is 14.2. The maximum absolute atomic E-state index is 5.72. The maximum Gasteiger partial charge on any atom is 0.0963 e. The Morgan fingerprint density at radius 1 is 1.05 bits per heavy atom. The molecular weight excluding hydrogens is 379 g/mol. The number of halogens is 3. The highest BCUT2D eigenvalue weighted by Gasteiger charge is 2.07. The SMILES string of the molecule is Cc1c(SCCCCl)ccnc1CSc1ccccn1.Cl.Cl. The molecule has 2 aromatic heterocycles. The summed E-state index contributed by atoms with van der Waals surface area (Å²) in [6.07, 6.45) is 4.75. The first-order valence-corrected chi connectivity index (χ1v) is 8.99. The Bertz CT molecular complexity index is 542. The van der Waals surface area contributed by atoms with E-state index >= 15 is 0 Å². The van der Waals surface area contributed by atoms with Crippen molar-refractivity contribution in [1.29, 1.82) is 0 Å². The van der Waals surface area contributed by atoms with Crippen LogP contribution < -0.4 is 0 Å². The molecule has 22 heavy (non-hydrogen) atoms. The zero-order valence-electron chi connectivity index (χ0n) is 12.2. The predicted octanol–water partition coefficient (Wildman–Crippen LogP) is 5.64. The normalized spacial score (nSPS) is 9.73. The van der Waals surface area contributed by atoms with Crippen molar-refractivity contribution in [3.63, 3.8) is 0 Å². The third kappa shape index (κ3) is 6.97. The lowest BCUT2D eigenvalue weighted by atomic mass is 10.2. The third-order valence-electron chi connectivity index (χ3n) is 2.79. The number of hydrogen-bond donors (Lipinski definition) is 0. The van der Waals surface area contributed by atoms with Crippen LogP contribution in [-0.4, -0.2) is 21.6 Å². The summed E-state index contributed by atoms with van der Waals surface area (Å²) in [5.41, 5.74) is 2.41. The molecule has 0 N–H and O–H groups in total. The van der Waals surface area contributed by atoms with Gasteiger partial charge >= 0.3 is 0 Å². The molecular formula is C15H19Cl3N2S2. The van der Waals surface area contributed by atoms with Gasteiger partial charge < -0.3 is 0 Å². The van der Waals surface area contributed by atoms with Crippen molar-refractivity contribution >= 4 is 59.9 Å². The van der Waals surface area contributed by atoms with E-state index in [1.165, 1.54) is 10.5 Å². The molecule has 2 rings (SSSR count). The van der Waals surface area contributed by atoms with Gasteiger partial charge in [0.05, 0.1) is 10.7 Å². The van der Waals surface area contributed by atoms with E-state index in [1.54, 1.807) is 11.8 Å². The minimum Gasteiger partial charge on any atom is -0.260 e. The molecule has 122 valence electrons. The number of pyridine rings is 2. The Balaban J connectivity index is 0.00000220. The van der Waals surface area contributed by atoms with E-state index < -0.39 is 0 Å². The summed E-state index contributed by atoms with van der Waals surface area (Å²) < 4.78 is 0. The van der Waals surface area contributed by atoms with Crippen molar-refractivity contribution in [2.75, 3.05) is 11.6 Å². The van der Waals surface area contributed by atoms with Gasteiger partial charge in [0.1, 0.15) is 0 Å². The van der Waals surface area contributed by atoms with Gasteiger partial charge in [0.15, 0.2) is 0 Å². The highest BCUT2D eigenvalue weighted by Crippen LogP contribution is 2.27. The van der Waals surface area contributed by atoms with Crippen molar-refractivity contribution < 1.29 is 0 Å². The number of nitrogens with zero attached hydrogens (tertiary/aromatic N) is 2. The number of hydrogen-bond acceptors (Lipinski definition) is 4. The van der Waals surface area contributed by atoms with Gasteiger partial charge in [-0.25, -0.2) is 4.98 Å². The molecule has 7 heteroatoms. The van der Waals surface area contributed by atoms with Gasteiger partial charge in [-0.2, -0.15) is 0 Å². The van der Waals surface area contributed by atoms with Gasteiger partial charge in [-0.15, -0.1) is 59.9 Å². The molecule has 0 unspecified atom stereocenters. The molecule has 0 aliphatic rings. The van der Waals surface area contributed by atoms with Crippen molar-refractivity contribution in [2.45, 2.75) is 29.0 Å². The second-order valence-corrected chi connectivity index (χ2v) is 6.74. The molecule has 0 saturated carbocycles. The van der Waals surface area contributed by atoms with Crippen LogP contribution in [0.4, 0.5) is 0 Å². The Morgan fingerprint density at radius 3 is 2.55 bits per heavy atom. The number of aromatic nitrogens is 2. The van der Waals surface area contributed by atoms with Crippen molar-refractivity contribution in [1.82, 2.24) is 9.97 Å². The second-order valence-electron chi connectivity index (χ2n) is 4.23. The van der Waals surface area contributed by atoms with Crippen molar-refractivity contribution in [2.24, 2.45) is 0 Å². The Hall–Kier alpha value is -0.130. The van der Waals surface area contributed by atoms with Crippen molar-refractivity contribution in [3.8, 4) is 0 Å². The van der Waals surface area contributed by atoms with E-state index in [2.05, 4.69) is 23.0 Å². The first-order valence-electron chi connectivity index (χ1n) is 6.48. The molecule has 0 radical (unpaired) electrons. The van der Waals surface area contributed by atoms with Crippen LogP contribution in [0.25, 0.3) is 0 Å². The van der Waals surface area contributed by atoms with Gasteiger partial charge in [-0.1, -0.05) is 6.07 Å². The van der Waals surface area contributed by atoms with Gasteiger partial charge in [-0.3, -0.25) is 4.98 Å². The topological polar surface area (TPSA) is 25.8 Å². The van der Waals surface area contributed by atoms with Gasteiger partial charge in [-0.05, 0) is 42.9 Å². The lowest BCUT2D eigenvalue weighted by Crippen LogP contribution is -1.95. The smallest absolute Gasteiger partial charge is 0.0963 e. The van der Waals surface area contributed by atoms with E-state index in [1.807, 2.05) is 42.4 Å². The standard InChI is InChI=1S/C15H17ClN2S2.2ClH/c1-12-13(11-20-15-5-2-3-8-18-15)17-9-6-14(12)19-10-4-7-16;;/h2-3,5-6,8-9H,4,7,10-11H2,1H3;2*1H. The van der Waals surface area contributed by atoms with Gasteiger partial charge in [0.2, 0.25) is 0 Å². The summed E-state index contributed by atoms with van der Waals surface area (Å²) in [5.74, 6) is 2.63. The van der Waals surface area contributed by atoms with E-state index in [9.17, 15) is 0 Å². The summed E-state index contributed by atoms with van der Waals surface area (Å²) in [4.78, 5) is 10.1. The molecule has 0 amide bonds. The molecule has 0 saturated heterocycles. The average Bonchev–Trinajstić information content (AvgIpc) is 2.49. The highest BCUT2D eigenvalue weighted by atomic mass is 35.5. The lowest BCUT2D eigenvalue weighted by molar-refractivity contribution is 1.06. The molecule has 0 bridgehead atoms. The predicted molar refractivity (Wildman–Crippen MR) is 103 cm³/mol. The van der Waals surface area contributed by atoms with Crippen molar-refractivity contribution in [3.05, 3.63) is 47.9 Å². The molecule has 0 aliphatic heterocycles. The molecule has 0 atom stereocenters. The number of alkyl halides is 1. The molecule has 0 spiro atoms. The quantitative estimate of drug-likeness (QED) is 0.343. The largest absolute Gasteiger partial charge is 0.260 e. The second kappa shape index (κ2) is 12.3. The van der Waals surface area contributed by atoms with Gasteiger partial charge in [0.25, 0.3) is 0 Å². The summed E-state index contributed by atoms with van der Waals surface area (Å²) in [6, 6.07) is 8.05. The van der Waals surface area contributed by atoms with Crippen LogP contribution in [0.5, 0.6) is 0 Å². The van der Waals surface area contributed by atoms with Crippen LogP contribution >= 0.6 is 59.9 Å². The van der Waals surface area contributed by atoms with E-state index in [0.717, 1.165) is 34.5 Å². The first-order chi connectivity index (χ1) is 9.81. The molecule has 2 nitrogen and oxygen atoms in total. The fourth-order valence-electron chi connectivity index (χ4n) is 1.67. The average molecular weight is 398 g/mol. The first kappa shape index (κ1) is 21.9. The van der Waals surface area contributed by atoms with Crippen LogP contribution in [-0.2, 0) is 5.75 Å². The molecule has 0 fully saturated rings. The van der Waals surface area contributed by atoms with Crippen LogP contribution in [0.2, 0.25) is 0 Å². The molecule has 2 aromatic rings. The van der Waals surface area contributed by atoms with Gasteiger partial charge in [0, 0.05) is 28.9 Å². The van der Waals surface area contributed by atoms with Crippen LogP contribution in [0, 0.1) is 6.92 Å². The Labute approximate surface area is 158 Å². The minimum atomic E-state index is 0. The maximum atomic E-state index is 5.72. The molecule has 0 aliphatic carbocycles. The summed E-state index contributed by atoms with van der Waals surface area (Å²) in [7, 11) is 0. The summed E-state index contributed by atoms with van der Waals surface area (Å²) in [6.45, 7) is 2.14. The third-order valence-corrected chi connectivity index (χ3v) is 5.26. The van der Waals surface area contributed by atoms with Crippen LogP contribution in [0.3, 0.4) is 0 Å². The highest BCUT2D eigenvalue weighted by molar-refractivity contribution is 7.99. The monoisotopic (exact) mass is 396 g/mol. The summed E-state index contributed by atoms with van der Waals surface area (Å²) in [5, 5.41) is 1.04. The van der Waals surface area contributed by atoms with E-state index in [-0.39, 0.29) is 24.8 Å². The number of rotatable bonds is 7. The molecule has 2 heterocycles. The van der Waals surface area contributed by atoms with Crippen LogP contribution in [0.1, 0.15) is 17.7 Å². The Kier molecular flexibility index (Phi) is 12.2. The van der Waals surface area contributed by atoms with E-state index in [0.29, 0.717) is 0 Å².